The maximum atomic E-state index is 12.2. The van der Waals surface area contributed by atoms with E-state index in [0.29, 0.717) is 11.3 Å². The molecule has 0 spiro atoms. The van der Waals surface area contributed by atoms with Gasteiger partial charge in [0, 0.05) is 36.7 Å². The minimum absolute atomic E-state index is 0.113. The minimum atomic E-state index is -1.05. The fourth-order valence-electron chi connectivity index (χ4n) is 2.59. The summed E-state index contributed by atoms with van der Waals surface area (Å²) in [6, 6.07) is 13.4. The van der Waals surface area contributed by atoms with Crippen molar-refractivity contribution in [2.45, 2.75) is 13.8 Å². The highest BCUT2D eigenvalue weighted by molar-refractivity contribution is 7.55. The number of rotatable bonds is 5. The van der Waals surface area contributed by atoms with E-state index in [0.717, 1.165) is 22.1 Å². The normalized spacial score (nSPS) is 13.9. The second kappa shape index (κ2) is 9.48. The first kappa shape index (κ1) is 20.1. The molecule has 0 aromatic heterocycles. The molecule has 1 heterocycles. The van der Waals surface area contributed by atoms with Crippen LogP contribution in [0.1, 0.15) is 25.0 Å². The van der Waals surface area contributed by atoms with Gasteiger partial charge in [-0.05, 0) is 35.9 Å². The number of fused-ring (bicyclic) bond motifs is 1. The van der Waals surface area contributed by atoms with Crippen molar-refractivity contribution in [3.8, 4) is 5.75 Å². The predicted octanol–water partition coefficient (Wildman–Crippen LogP) is 4.44. The topological polar surface area (TPSA) is 56.8 Å². The number of nitrogens with one attached hydrogen (secondary N) is 1. The summed E-state index contributed by atoms with van der Waals surface area (Å²) in [5.41, 5.74) is 3.22. The molecule has 1 amide bonds. The van der Waals surface area contributed by atoms with Crippen molar-refractivity contribution in [1.82, 2.24) is 0 Å². The molecule has 1 aliphatic heterocycles. The van der Waals surface area contributed by atoms with Gasteiger partial charge >= 0.3 is 0 Å². The van der Waals surface area contributed by atoms with E-state index >= 15 is 0 Å². The van der Waals surface area contributed by atoms with E-state index in [4.69, 9.17) is 13.8 Å². The molecule has 0 unspecified atom stereocenters. The van der Waals surface area contributed by atoms with Crippen molar-refractivity contribution in [2.24, 2.45) is 0 Å². The molecular weight excluding hydrogens is 349 g/mol. The fraction of sp³-hybridized carbons (Fsp3) is 0.250. The highest BCUT2D eigenvalue weighted by Crippen LogP contribution is 2.37. The Balaban J connectivity index is 0.00000117. The predicted molar refractivity (Wildman–Crippen MR) is 108 cm³/mol. The first-order chi connectivity index (χ1) is 12.7. The summed E-state index contributed by atoms with van der Waals surface area (Å²) in [7, 11) is 3.80. The largest absolute Gasteiger partial charge is 0.497 e. The summed E-state index contributed by atoms with van der Waals surface area (Å²) < 4.78 is 15.8. The van der Waals surface area contributed by atoms with E-state index in [9.17, 15) is 4.79 Å². The smallest absolute Gasteiger partial charge is 0.256 e. The van der Waals surface area contributed by atoms with E-state index < -0.39 is 8.38 Å². The van der Waals surface area contributed by atoms with Crippen LogP contribution in [0.5, 0.6) is 5.75 Å². The molecule has 1 N–H and O–H groups in total. The molecule has 0 saturated heterocycles. The van der Waals surface area contributed by atoms with E-state index in [1.807, 2.05) is 62.4 Å². The number of ether oxygens (including phenoxy) is 1. The lowest BCUT2D eigenvalue weighted by Gasteiger charge is -2.12. The lowest BCUT2D eigenvalue weighted by atomic mass is 10.0. The zero-order chi connectivity index (χ0) is 19.1. The molecule has 26 heavy (non-hydrogen) atoms. The summed E-state index contributed by atoms with van der Waals surface area (Å²) in [6.07, 6.45) is 1.87. The van der Waals surface area contributed by atoms with Crippen LogP contribution in [-0.4, -0.2) is 27.2 Å². The maximum Gasteiger partial charge on any atom is 0.256 e. The number of carbonyl (C=O) groups is 1. The molecule has 138 valence electrons. The van der Waals surface area contributed by atoms with Gasteiger partial charge < -0.3 is 19.1 Å². The van der Waals surface area contributed by atoms with Crippen LogP contribution in [0.2, 0.25) is 0 Å². The maximum absolute atomic E-state index is 12.2. The Morgan fingerprint density at radius 2 is 1.62 bits per heavy atom. The Labute approximate surface area is 155 Å². The number of hydrogen-bond donors (Lipinski definition) is 1. The zero-order valence-electron chi connectivity index (χ0n) is 15.7. The van der Waals surface area contributed by atoms with E-state index in [1.54, 1.807) is 21.3 Å². The molecule has 0 bridgehead atoms. The van der Waals surface area contributed by atoms with Crippen molar-refractivity contribution in [2.75, 3.05) is 26.6 Å². The van der Waals surface area contributed by atoms with Crippen LogP contribution in [0.25, 0.3) is 11.6 Å². The molecule has 2 aromatic rings. The van der Waals surface area contributed by atoms with E-state index in [2.05, 4.69) is 5.32 Å². The highest BCUT2D eigenvalue weighted by Gasteiger charge is 2.24. The highest BCUT2D eigenvalue weighted by atomic mass is 31.2. The third-order valence-corrected chi connectivity index (χ3v) is 5.14. The summed E-state index contributed by atoms with van der Waals surface area (Å²) in [5.74, 6) is 0.602. The Bertz CT molecular complexity index is 783. The second-order valence-electron chi connectivity index (χ2n) is 5.14. The van der Waals surface area contributed by atoms with Gasteiger partial charge in [-0.3, -0.25) is 4.79 Å². The second-order valence-corrected chi connectivity index (χ2v) is 6.90. The van der Waals surface area contributed by atoms with Crippen LogP contribution in [0, 0.1) is 0 Å². The Morgan fingerprint density at radius 3 is 2.19 bits per heavy atom. The third-order valence-electron chi connectivity index (χ3n) is 3.76. The number of methoxy groups -OCH3 is 1. The van der Waals surface area contributed by atoms with E-state index in [1.165, 1.54) is 0 Å². The Hall–Kier alpha value is -2.20. The first-order valence-corrected chi connectivity index (χ1v) is 9.54. The Kier molecular flexibility index (Phi) is 7.34. The van der Waals surface area contributed by atoms with Crippen LogP contribution in [-0.2, 0) is 13.8 Å². The van der Waals surface area contributed by atoms with Gasteiger partial charge in [0.25, 0.3) is 5.91 Å². The number of hydrogen-bond acceptors (Lipinski definition) is 4. The lowest BCUT2D eigenvalue weighted by molar-refractivity contribution is -0.110. The van der Waals surface area contributed by atoms with Crippen molar-refractivity contribution < 1.29 is 18.6 Å². The molecule has 0 radical (unpaired) electrons. The number of anilines is 1. The van der Waals surface area contributed by atoms with Gasteiger partial charge in [-0.2, -0.15) is 0 Å². The van der Waals surface area contributed by atoms with Gasteiger partial charge in [0.1, 0.15) is 5.75 Å². The summed E-state index contributed by atoms with van der Waals surface area (Å²) in [6.45, 7) is 4.00. The quantitative estimate of drug-likeness (QED) is 0.622. The minimum Gasteiger partial charge on any atom is -0.497 e. The van der Waals surface area contributed by atoms with Gasteiger partial charge in [-0.15, -0.1) is 0 Å². The molecule has 1 aliphatic rings. The van der Waals surface area contributed by atoms with Crippen LogP contribution >= 0.6 is 8.38 Å². The Morgan fingerprint density at radius 1 is 0.962 bits per heavy atom. The average molecular weight is 373 g/mol. The summed E-state index contributed by atoms with van der Waals surface area (Å²) >= 11 is 0. The van der Waals surface area contributed by atoms with Crippen LogP contribution in [0.15, 0.2) is 42.5 Å². The molecule has 0 aliphatic carbocycles. The molecule has 0 atom stereocenters. The summed E-state index contributed by atoms with van der Waals surface area (Å²) in [5, 5.41) is 3.85. The SMILES string of the molecule is CC.COc1ccc2c(c1)NC(=O)/C2=C\c1ccc(P(OC)OC)cc1. The van der Waals surface area contributed by atoms with Gasteiger partial charge in [0.15, 0.2) is 0 Å². The average Bonchev–Trinajstić information content (AvgIpc) is 3.00. The monoisotopic (exact) mass is 373 g/mol. The van der Waals surface area contributed by atoms with Crippen molar-refractivity contribution >= 4 is 36.9 Å². The number of amides is 1. The molecule has 0 saturated carbocycles. The third kappa shape index (κ3) is 4.31. The number of benzene rings is 2. The summed E-state index contributed by atoms with van der Waals surface area (Å²) in [4.78, 5) is 12.2. The van der Waals surface area contributed by atoms with Gasteiger partial charge in [-0.25, -0.2) is 0 Å². The molecule has 2 aromatic carbocycles. The van der Waals surface area contributed by atoms with Gasteiger partial charge in [-0.1, -0.05) is 26.0 Å². The van der Waals surface area contributed by atoms with Crippen LogP contribution < -0.4 is 15.4 Å². The van der Waals surface area contributed by atoms with Crippen molar-refractivity contribution in [3.05, 3.63) is 53.6 Å². The van der Waals surface area contributed by atoms with E-state index in [-0.39, 0.29) is 5.91 Å². The van der Waals surface area contributed by atoms with Crippen molar-refractivity contribution in [3.63, 3.8) is 0 Å². The molecule has 3 rings (SSSR count). The lowest BCUT2D eigenvalue weighted by Crippen LogP contribution is -2.04. The van der Waals surface area contributed by atoms with Crippen molar-refractivity contribution in [1.29, 1.82) is 0 Å². The standard InChI is InChI=1S/C18H18NO4P.C2H6/c1-21-13-6-9-15-16(18(20)19-17(15)11-13)10-12-4-7-14(8-5-12)24(22-2)23-3;1-2/h4-11H,1-3H3,(H,19,20);1-2H3/b16-10-;. The molecule has 0 fully saturated rings. The van der Waals surface area contributed by atoms with Crippen LogP contribution in [0.4, 0.5) is 5.69 Å². The molecule has 5 nitrogen and oxygen atoms in total. The van der Waals surface area contributed by atoms with Gasteiger partial charge in [0.2, 0.25) is 8.38 Å². The molecular formula is C20H24NO4P. The number of carbonyl (C=O) groups excluding carboxylic acids is 1. The van der Waals surface area contributed by atoms with Crippen LogP contribution in [0.3, 0.4) is 0 Å². The fourth-order valence-corrected chi connectivity index (χ4v) is 3.55. The zero-order valence-corrected chi connectivity index (χ0v) is 16.6. The molecule has 6 heteroatoms. The first-order valence-electron chi connectivity index (χ1n) is 8.36. The van der Waals surface area contributed by atoms with Gasteiger partial charge in [0.05, 0.1) is 12.8 Å².